The van der Waals surface area contributed by atoms with E-state index in [1.807, 2.05) is 0 Å². The highest BCUT2D eigenvalue weighted by Gasteiger charge is 2.81. The van der Waals surface area contributed by atoms with Crippen molar-refractivity contribution >= 4 is 17.7 Å². The number of carbonyl (C=O) groups excluding carboxylic acids is 3. The molecule has 2 saturated heterocycles. The lowest BCUT2D eigenvalue weighted by atomic mass is 9.42. The molecule has 33 heavy (non-hydrogen) atoms. The molecule has 5 aliphatic rings. The lowest BCUT2D eigenvalue weighted by Crippen LogP contribution is -2.76. The van der Waals surface area contributed by atoms with E-state index in [4.69, 9.17) is 14.2 Å². The van der Waals surface area contributed by atoms with Crippen LogP contribution < -0.4 is 0 Å². The molecular weight excluding hydrogens is 432 g/mol. The fraction of sp³-hybridized carbons (Fsp3) is 0.708. The monoisotopic (exact) mass is 462 g/mol. The van der Waals surface area contributed by atoms with Crippen molar-refractivity contribution < 1.29 is 43.9 Å². The number of fused-ring (bicyclic) bond motifs is 1. The predicted octanol–water partition coefficient (Wildman–Crippen LogP) is 0.264. The second kappa shape index (κ2) is 7.21. The van der Waals surface area contributed by atoms with Gasteiger partial charge in [0.15, 0.2) is 11.6 Å². The van der Waals surface area contributed by atoms with Crippen molar-refractivity contribution in [2.24, 2.45) is 35.0 Å². The molecule has 2 saturated carbocycles. The summed E-state index contributed by atoms with van der Waals surface area (Å²) in [5, 5.41) is 33.8. The molecule has 0 aromatic rings. The largest absolute Gasteiger partial charge is 0.458 e. The van der Waals surface area contributed by atoms with Crippen molar-refractivity contribution in [2.45, 2.75) is 64.3 Å². The lowest BCUT2D eigenvalue weighted by Gasteiger charge is -2.65. The first-order valence-corrected chi connectivity index (χ1v) is 11.4. The number of esters is 2. The Morgan fingerprint density at radius 3 is 2.64 bits per heavy atom. The zero-order chi connectivity index (χ0) is 24.0. The standard InChI is InChI=1S/C24H30O9/c1-9(2)5-14(26)32-19-16-10(3)6-13(25)18(28)17(16)20-23-8-31-24(20,30)21(29)11(4)12(23)7-15(27)33-22(19)23/h5-6,11-12,16-22,28-30H,7-8H2,1-4H3. The Morgan fingerprint density at radius 2 is 1.97 bits per heavy atom. The van der Waals surface area contributed by atoms with E-state index in [1.54, 1.807) is 27.7 Å². The quantitative estimate of drug-likeness (QED) is 0.389. The minimum Gasteiger partial charge on any atom is -0.458 e. The Balaban J connectivity index is 1.73. The highest BCUT2D eigenvalue weighted by atomic mass is 16.7. The van der Waals surface area contributed by atoms with Gasteiger partial charge in [0.1, 0.15) is 24.4 Å². The highest BCUT2D eigenvalue weighted by molar-refractivity contribution is 5.95. The highest BCUT2D eigenvalue weighted by Crippen LogP contribution is 2.70. The van der Waals surface area contributed by atoms with Crippen LogP contribution in [0.2, 0.25) is 0 Å². The summed E-state index contributed by atoms with van der Waals surface area (Å²) in [5.74, 6) is -7.13. The Morgan fingerprint density at radius 1 is 1.27 bits per heavy atom. The first-order valence-electron chi connectivity index (χ1n) is 11.4. The van der Waals surface area contributed by atoms with E-state index in [2.05, 4.69) is 0 Å². The second-order valence-electron chi connectivity index (χ2n) is 10.6. The van der Waals surface area contributed by atoms with Crippen LogP contribution in [0.15, 0.2) is 23.3 Å². The normalized spacial score (nSPS) is 49.9. The molecule has 9 nitrogen and oxygen atoms in total. The van der Waals surface area contributed by atoms with Gasteiger partial charge in [0.25, 0.3) is 0 Å². The molecule has 4 fully saturated rings. The smallest absolute Gasteiger partial charge is 0.331 e. The van der Waals surface area contributed by atoms with E-state index in [-0.39, 0.29) is 13.0 Å². The summed E-state index contributed by atoms with van der Waals surface area (Å²) in [5.41, 5.74) is 0.243. The topological polar surface area (TPSA) is 140 Å². The van der Waals surface area contributed by atoms with Crippen LogP contribution in [0.3, 0.4) is 0 Å². The molecule has 0 radical (unpaired) electrons. The molecule has 9 heteroatoms. The maximum Gasteiger partial charge on any atom is 0.331 e. The Bertz CT molecular complexity index is 980. The summed E-state index contributed by atoms with van der Waals surface area (Å²) in [4.78, 5) is 38.1. The lowest BCUT2D eigenvalue weighted by molar-refractivity contribution is -0.325. The molecule has 0 aromatic carbocycles. The number of ether oxygens (including phenoxy) is 3. The summed E-state index contributed by atoms with van der Waals surface area (Å²) in [6.45, 7) is 6.88. The van der Waals surface area contributed by atoms with Gasteiger partial charge in [-0.2, -0.15) is 0 Å². The summed E-state index contributed by atoms with van der Waals surface area (Å²) < 4.78 is 17.6. The van der Waals surface area contributed by atoms with Gasteiger partial charge in [-0.3, -0.25) is 9.59 Å². The molecule has 0 aromatic heterocycles. The zero-order valence-electron chi connectivity index (χ0n) is 19.1. The molecule has 11 unspecified atom stereocenters. The molecule has 2 bridgehead atoms. The average Bonchev–Trinajstić information content (AvgIpc) is 3.00. The van der Waals surface area contributed by atoms with Gasteiger partial charge in [-0.1, -0.05) is 18.1 Å². The number of hydrogen-bond acceptors (Lipinski definition) is 9. The van der Waals surface area contributed by atoms with Gasteiger partial charge >= 0.3 is 11.9 Å². The van der Waals surface area contributed by atoms with Crippen molar-refractivity contribution in [3.8, 4) is 0 Å². The summed E-state index contributed by atoms with van der Waals surface area (Å²) in [7, 11) is 0. The third kappa shape index (κ3) is 2.82. The molecular formula is C24H30O9. The van der Waals surface area contributed by atoms with Crippen molar-refractivity contribution in [2.75, 3.05) is 6.61 Å². The van der Waals surface area contributed by atoms with Crippen LogP contribution in [-0.4, -0.2) is 69.9 Å². The van der Waals surface area contributed by atoms with Crippen molar-refractivity contribution in [1.82, 2.24) is 0 Å². The fourth-order valence-corrected chi connectivity index (χ4v) is 7.52. The van der Waals surface area contributed by atoms with Gasteiger partial charge in [0, 0.05) is 35.7 Å². The van der Waals surface area contributed by atoms with Gasteiger partial charge < -0.3 is 29.5 Å². The second-order valence-corrected chi connectivity index (χ2v) is 10.6. The minimum absolute atomic E-state index is 0.00441. The van der Waals surface area contributed by atoms with E-state index < -0.39 is 82.9 Å². The van der Waals surface area contributed by atoms with Crippen molar-refractivity contribution in [3.05, 3.63) is 23.3 Å². The Hall–Kier alpha value is -2.07. The van der Waals surface area contributed by atoms with Crippen LogP contribution in [0.4, 0.5) is 0 Å². The number of hydrogen-bond donors (Lipinski definition) is 3. The van der Waals surface area contributed by atoms with Gasteiger partial charge in [0.2, 0.25) is 0 Å². The minimum atomic E-state index is -2.03. The molecule has 1 spiro atoms. The Kier molecular flexibility index (Phi) is 4.96. The van der Waals surface area contributed by atoms with Crippen LogP contribution in [0, 0.1) is 35.0 Å². The molecule has 5 rings (SSSR count). The number of allylic oxidation sites excluding steroid dienone is 1. The van der Waals surface area contributed by atoms with Gasteiger partial charge in [0.05, 0.1) is 6.61 Å². The van der Waals surface area contributed by atoms with Crippen molar-refractivity contribution in [3.63, 3.8) is 0 Å². The third-order valence-electron chi connectivity index (χ3n) is 8.66. The van der Waals surface area contributed by atoms with E-state index in [0.29, 0.717) is 5.57 Å². The van der Waals surface area contributed by atoms with E-state index >= 15 is 0 Å². The van der Waals surface area contributed by atoms with Gasteiger partial charge in [-0.15, -0.1) is 0 Å². The zero-order valence-corrected chi connectivity index (χ0v) is 19.1. The van der Waals surface area contributed by atoms with Crippen LogP contribution in [0.5, 0.6) is 0 Å². The SMILES string of the molecule is CC(C)=CC(=O)OC1C2C(C)=CC(=O)C(O)C2C2C3(O)OCC24C(CC(=O)OC14)C(C)C3O. The first-order chi connectivity index (χ1) is 15.4. The van der Waals surface area contributed by atoms with E-state index in [1.165, 1.54) is 12.2 Å². The van der Waals surface area contributed by atoms with Gasteiger partial charge in [-0.05, 0) is 38.7 Å². The van der Waals surface area contributed by atoms with Crippen LogP contribution in [0.1, 0.15) is 34.1 Å². The van der Waals surface area contributed by atoms with Crippen molar-refractivity contribution in [1.29, 1.82) is 0 Å². The van der Waals surface area contributed by atoms with Gasteiger partial charge in [-0.25, -0.2) is 4.79 Å². The van der Waals surface area contributed by atoms with Crippen LogP contribution >= 0.6 is 0 Å². The first kappa shape index (κ1) is 22.7. The maximum atomic E-state index is 12.7. The average molecular weight is 462 g/mol. The number of rotatable bonds is 2. The molecule has 3 aliphatic carbocycles. The molecule has 11 atom stereocenters. The number of aliphatic hydroxyl groups excluding tert-OH is 2. The fourth-order valence-electron chi connectivity index (χ4n) is 7.52. The molecule has 0 amide bonds. The Labute approximate surface area is 191 Å². The summed E-state index contributed by atoms with van der Waals surface area (Å²) >= 11 is 0. The molecule has 180 valence electrons. The maximum absolute atomic E-state index is 12.7. The van der Waals surface area contributed by atoms with E-state index in [0.717, 1.165) is 5.57 Å². The molecule has 3 N–H and O–H groups in total. The number of carbonyl (C=O) groups is 3. The summed E-state index contributed by atoms with van der Waals surface area (Å²) in [6, 6.07) is 0. The number of aliphatic hydroxyl groups is 3. The third-order valence-corrected chi connectivity index (χ3v) is 8.66. The molecule has 2 heterocycles. The van der Waals surface area contributed by atoms with Crippen LogP contribution in [-0.2, 0) is 28.6 Å². The van der Waals surface area contributed by atoms with E-state index in [9.17, 15) is 29.7 Å². The summed E-state index contributed by atoms with van der Waals surface area (Å²) in [6.07, 6.45) is -2.13. The number of ketones is 1. The predicted molar refractivity (Wildman–Crippen MR) is 111 cm³/mol. The molecule has 2 aliphatic heterocycles. The van der Waals surface area contributed by atoms with Crippen LogP contribution in [0.25, 0.3) is 0 Å².